The average Bonchev–Trinajstić information content (AvgIpc) is 2.23. The fourth-order valence-corrected chi connectivity index (χ4v) is 1.81. The second-order valence-electron chi connectivity index (χ2n) is 4.12. The minimum Gasteiger partial charge on any atom is -0.377 e. The van der Waals surface area contributed by atoms with Gasteiger partial charge in [-0.2, -0.15) is 0 Å². The minimum absolute atomic E-state index is 0.00875. The molecule has 0 radical (unpaired) electrons. The van der Waals surface area contributed by atoms with Gasteiger partial charge in [-0.3, -0.25) is 0 Å². The molecule has 0 fully saturated rings. The Hall–Kier alpha value is -0.0800. The normalized spacial score (nSPS) is 17.8. The van der Waals surface area contributed by atoms with Crippen LogP contribution in [0.2, 0.25) is 0 Å². The number of unbranched alkanes of at least 4 members (excludes halogenated alkanes) is 1. The molecular weight excluding hydrogens is 174 g/mol. The smallest absolute Gasteiger partial charge is 0.0800 e. The lowest BCUT2D eigenvalue weighted by Crippen LogP contribution is -2.49. The number of hydrogen-bond acceptors (Lipinski definition) is 2. The van der Waals surface area contributed by atoms with Crippen LogP contribution in [0.5, 0.6) is 0 Å². The van der Waals surface area contributed by atoms with E-state index in [1.165, 1.54) is 19.3 Å². The van der Waals surface area contributed by atoms with Crippen LogP contribution in [0.15, 0.2) is 0 Å². The number of likely N-dealkylation sites (N-methyl/N-ethyl adjacent to an activating group) is 1. The molecule has 0 aliphatic heterocycles. The molecule has 0 aliphatic rings. The molecule has 0 amide bonds. The summed E-state index contributed by atoms with van der Waals surface area (Å²) in [6.45, 7) is 9.81. The van der Waals surface area contributed by atoms with Crippen molar-refractivity contribution in [3.63, 3.8) is 0 Å². The van der Waals surface area contributed by atoms with Crippen molar-refractivity contribution in [1.82, 2.24) is 5.32 Å². The van der Waals surface area contributed by atoms with Crippen molar-refractivity contribution in [2.24, 2.45) is 0 Å². The fraction of sp³-hybridized carbons (Fsp3) is 1.00. The first-order valence-corrected chi connectivity index (χ1v) is 5.93. The number of nitrogens with one attached hydrogen (secondary N) is 1. The third-order valence-electron chi connectivity index (χ3n) is 3.20. The highest BCUT2D eigenvalue weighted by Crippen LogP contribution is 2.22. The van der Waals surface area contributed by atoms with Gasteiger partial charge in [-0.25, -0.2) is 0 Å². The van der Waals surface area contributed by atoms with E-state index in [0.717, 1.165) is 13.0 Å². The third kappa shape index (κ3) is 3.97. The van der Waals surface area contributed by atoms with Crippen molar-refractivity contribution in [3.8, 4) is 0 Å². The van der Waals surface area contributed by atoms with E-state index in [9.17, 15) is 0 Å². The van der Waals surface area contributed by atoms with Crippen LogP contribution in [0.3, 0.4) is 0 Å². The molecule has 0 bridgehead atoms. The van der Waals surface area contributed by atoms with Crippen molar-refractivity contribution in [2.45, 2.75) is 65.0 Å². The Labute approximate surface area is 89.4 Å². The van der Waals surface area contributed by atoms with Gasteiger partial charge >= 0.3 is 0 Å². The molecule has 0 saturated carbocycles. The lowest BCUT2D eigenvalue weighted by atomic mass is 9.89. The quantitative estimate of drug-likeness (QED) is 0.652. The maximum atomic E-state index is 5.64. The summed E-state index contributed by atoms with van der Waals surface area (Å²) in [5.41, 5.74) is -0.00875. The summed E-state index contributed by atoms with van der Waals surface area (Å²) in [5.74, 6) is 0. The molecular formula is C12H27NO. The van der Waals surface area contributed by atoms with Crippen LogP contribution >= 0.6 is 0 Å². The summed E-state index contributed by atoms with van der Waals surface area (Å²) in [4.78, 5) is 0. The van der Waals surface area contributed by atoms with E-state index in [1.54, 1.807) is 0 Å². The summed E-state index contributed by atoms with van der Waals surface area (Å²) < 4.78 is 5.64. The van der Waals surface area contributed by atoms with Gasteiger partial charge in [0.25, 0.3) is 0 Å². The van der Waals surface area contributed by atoms with Gasteiger partial charge in [0, 0.05) is 13.2 Å². The molecule has 0 heterocycles. The van der Waals surface area contributed by atoms with Crippen LogP contribution in [0.1, 0.15) is 53.4 Å². The van der Waals surface area contributed by atoms with Crippen LogP contribution in [-0.2, 0) is 4.74 Å². The van der Waals surface area contributed by atoms with Crippen molar-refractivity contribution in [2.75, 3.05) is 13.7 Å². The van der Waals surface area contributed by atoms with Crippen LogP contribution < -0.4 is 5.32 Å². The van der Waals surface area contributed by atoms with E-state index < -0.39 is 0 Å². The molecule has 1 N–H and O–H groups in total. The van der Waals surface area contributed by atoms with Crippen molar-refractivity contribution >= 4 is 0 Å². The zero-order valence-electron chi connectivity index (χ0n) is 10.5. The molecule has 0 spiro atoms. The first-order valence-electron chi connectivity index (χ1n) is 5.93. The second-order valence-corrected chi connectivity index (χ2v) is 4.12. The average molecular weight is 201 g/mol. The summed E-state index contributed by atoms with van der Waals surface area (Å²) in [6.07, 6.45) is 4.80. The second kappa shape index (κ2) is 7.24. The summed E-state index contributed by atoms with van der Waals surface area (Å²) in [7, 11) is 1.82. The SMILES string of the molecule is CCCCC(NCC)C(C)(CC)OC. The number of ether oxygens (including phenoxy) is 1. The predicted molar refractivity (Wildman–Crippen MR) is 62.7 cm³/mol. The lowest BCUT2D eigenvalue weighted by molar-refractivity contribution is -0.0311. The Kier molecular flexibility index (Phi) is 7.20. The molecule has 2 atom stereocenters. The third-order valence-corrected chi connectivity index (χ3v) is 3.20. The van der Waals surface area contributed by atoms with Gasteiger partial charge < -0.3 is 10.1 Å². The molecule has 2 heteroatoms. The summed E-state index contributed by atoms with van der Waals surface area (Å²) in [6, 6.07) is 0.488. The van der Waals surface area contributed by atoms with Gasteiger partial charge in [0.2, 0.25) is 0 Å². The Morgan fingerprint density at radius 1 is 1.29 bits per heavy atom. The zero-order valence-corrected chi connectivity index (χ0v) is 10.5. The number of hydrogen-bond donors (Lipinski definition) is 1. The highest BCUT2D eigenvalue weighted by Gasteiger charge is 2.31. The molecule has 0 aromatic rings. The maximum absolute atomic E-state index is 5.64. The van der Waals surface area contributed by atoms with Crippen molar-refractivity contribution in [1.29, 1.82) is 0 Å². The van der Waals surface area contributed by atoms with Crippen molar-refractivity contribution < 1.29 is 4.74 Å². The van der Waals surface area contributed by atoms with Gasteiger partial charge in [0.05, 0.1) is 5.60 Å². The Bertz CT molecular complexity index is 132. The van der Waals surface area contributed by atoms with Crippen molar-refractivity contribution in [3.05, 3.63) is 0 Å². The summed E-state index contributed by atoms with van der Waals surface area (Å²) in [5, 5.41) is 3.53. The van der Waals surface area contributed by atoms with Crippen LogP contribution in [0.4, 0.5) is 0 Å². The number of rotatable bonds is 8. The Morgan fingerprint density at radius 2 is 1.93 bits per heavy atom. The topological polar surface area (TPSA) is 21.3 Å². The molecule has 0 aromatic carbocycles. The van der Waals surface area contributed by atoms with E-state index in [4.69, 9.17) is 4.74 Å². The molecule has 2 nitrogen and oxygen atoms in total. The van der Waals surface area contributed by atoms with Gasteiger partial charge in [-0.1, -0.05) is 33.6 Å². The van der Waals surface area contributed by atoms with Gasteiger partial charge in [-0.15, -0.1) is 0 Å². The van der Waals surface area contributed by atoms with E-state index >= 15 is 0 Å². The number of methoxy groups -OCH3 is 1. The van der Waals surface area contributed by atoms with Gasteiger partial charge in [-0.05, 0) is 26.3 Å². The fourth-order valence-electron chi connectivity index (χ4n) is 1.81. The van der Waals surface area contributed by atoms with Gasteiger partial charge in [0.15, 0.2) is 0 Å². The highest BCUT2D eigenvalue weighted by atomic mass is 16.5. The molecule has 0 aliphatic carbocycles. The predicted octanol–water partition coefficient (Wildman–Crippen LogP) is 2.97. The maximum Gasteiger partial charge on any atom is 0.0800 e. The van der Waals surface area contributed by atoms with E-state index in [1.807, 2.05) is 7.11 Å². The lowest BCUT2D eigenvalue weighted by Gasteiger charge is -2.36. The van der Waals surface area contributed by atoms with Crippen LogP contribution in [0, 0.1) is 0 Å². The van der Waals surface area contributed by atoms with Crippen LogP contribution in [-0.4, -0.2) is 25.3 Å². The molecule has 14 heavy (non-hydrogen) atoms. The summed E-state index contributed by atoms with van der Waals surface area (Å²) >= 11 is 0. The largest absolute Gasteiger partial charge is 0.377 e. The standard InChI is InChI=1S/C12H27NO/c1-6-9-10-11(13-8-3)12(4,7-2)14-5/h11,13H,6-10H2,1-5H3. The first kappa shape index (κ1) is 13.9. The minimum atomic E-state index is -0.00875. The van der Waals surface area contributed by atoms with Gasteiger partial charge in [0.1, 0.15) is 0 Å². The molecule has 0 aromatic heterocycles. The Morgan fingerprint density at radius 3 is 2.29 bits per heavy atom. The first-order chi connectivity index (χ1) is 6.64. The highest BCUT2D eigenvalue weighted by molar-refractivity contribution is 4.87. The van der Waals surface area contributed by atoms with Crippen LogP contribution in [0.25, 0.3) is 0 Å². The molecule has 0 saturated heterocycles. The van der Waals surface area contributed by atoms with E-state index in [0.29, 0.717) is 6.04 Å². The zero-order chi connectivity index (χ0) is 11.0. The monoisotopic (exact) mass is 201 g/mol. The Balaban J connectivity index is 4.27. The van der Waals surface area contributed by atoms with E-state index in [2.05, 4.69) is 33.0 Å². The molecule has 2 unspecified atom stereocenters. The molecule has 0 rings (SSSR count). The van der Waals surface area contributed by atoms with E-state index in [-0.39, 0.29) is 5.60 Å². The molecule has 86 valence electrons.